The van der Waals surface area contributed by atoms with Gasteiger partial charge in [0.1, 0.15) is 23.4 Å². The van der Waals surface area contributed by atoms with Crippen LogP contribution >= 0.6 is 0 Å². The second-order valence-corrected chi connectivity index (χ2v) is 6.19. The number of hydrogen-bond acceptors (Lipinski definition) is 4. The molecule has 0 saturated carbocycles. The van der Waals surface area contributed by atoms with E-state index in [2.05, 4.69) is 10.1 Å². The number of para-hydroxylation sites is 1. The highest BCUT2D eigenvalue weighted by Gasteiger charge is 2.22. The first-order valence-corrected chi connectivity index (χ1v) is 8.75. The van der Waals surface area contributed by atoms with Crippen molar-refractivity contribution in [2.24, 2.45) is 0 Å². The predicted molar refractivity (Wildman–Crippen MR) is 95.6 cm³/mol. The molecule has 1 aliphatic heterocycles. The summed E-state index contributed by atoms with van der Waals surface area (Å²) in [7, 11) is 0. The van der Waals surface area contributed by atoms with Gasteiger partial charge in [0.05, 0.1) is 12.2 Å². The Morgan fingerprint density at radius 3 is 2.81 bits per heavy atom. The molecule has 0 spiro atoms. The molecule has 1 N–H and O–H groups in total. The van der Waals surface area contributed by atoms with Crippen LogP contribution in [0.15, 0.2) is 36.4 Å². The quantitative estimate of drug-likeness (QED) is 0.794. The van der Waals surface area contributed by atoms with E-state index < -0.39 is 12.5 Å². The van der Waals surface area contributed by atoms with Gasteiger partial charge in [-0.1, -0.05) is 12.1 Å². The van der Waals surface area contributed by atoms with Crippen LogP contribution < -0.4 is 19.5 Å². The summed E-state index contributed by atoms with van der Waals surface area (Å²) in [6, 6.07) is 9.66. The lowest BCUT2D eigenvalue weighted by Crippen LogP contribution is -2.24. The number of nitrogens with one attached hydrogen (secondary N) is 1. The summed E-state index contributed by atoms with van der Waals surface area (Å²) in [4.78, 5) is 12.5. The molecule has 144 valence electrons. The fourth-order valence-electron chi connectivity index (χ4n) is 3.03. The number of halogens is 2. The van der Waals surface area contributed by atoms with Gasteiger partial charge in [0.2, 0.25) is 0 Å². The van der Waals surface area contributed by atoms with Gasteiger partial charge < -0.3 is 19.5 Å². The summed E-state index contributed by atoms with van der Waals surface area (Å²) in [5.74, 6) is 0.771. The van der Waals surface area contributed by atoms with Crippen LogP contribution in [-0.2, 0) is 13.0 Å². The van der Waals surface area contributed by atoms with Gasteiger partial charge in [0.25, 0.3) is 5.91 Å². The minimum absolute atomic E-state index is 0.0433. The second kappa shape index (κ2) is 8.24. The number of carbonyl (C=O) groups excluding carboxylic acids is 1. The molecule has 0 radical (unpaired) electrons. The number of ether oxygens (including phenoxy) is 3. The van der Waals surface area contributed by atoms with Crippen molar-refractivity contribution in [1.82, 2.24) is 5.32 Å². The van der Waals surface area contributed by atoms with Crippen molar-refractivity contribution in [2.45, 2.75) is 39.5 Å². The summed E-state index contributed by atoms with van der Waals surface area (Å²) in [6.45, 7) is 1.52. The minimum atomic E-state index is -3.00. The Morgan fingerprint density at radius 2 is 2.07 bits per heavy atom. The zero-order valence-corrected chi connectivity index (χ0v) is 15.1. The van der Waals surface area contributed by atoms with Crippen LogP contribution in [0.1, 0.15) is 35.3 Å². The summed E-state index contributed by atoms with van der Waals surface area (Å²) in [6.07, 6.45) is 0.901. The fourth-order valence-corrected chi connectivity index (χ4v) is 3.03. The van der Waals surface area contributed by atoms with E-state index >= 15 is 0 Å². The topological polar surface area (TPSA) is 56.8 Å². The highest BCUT2D eigenvalue weighted by Crippen LogP contribution is 2.35. The van der Waals surface area contributed by atoms with Crippen LogP contribution in [0.2, 0.25) is 0 Å². The number of rotatable bonds is 7. The van der Waals surface area contributed by atoms with E-state index in [0.717, 1.165) is 23.3 Å². The molecule has 0 saturated heterocycles. The normalized spacial score (nSPS) is 15.2. The van der Waals surface area contributed by atoms with Crippen LogP contribution in [0.4, 0.5) is 8.78 Å². The maximum atomic E-state index is 12.5. The van der Waals surface area contributed by atoms with E-state index in [1.807, 2.05) is 26.0 Å². The van der Waals surface area contributed by atoms with Gasteiger partial charge in [-0.15, -0.1) is 0 Å². The molecule has 1 atom stereocenters. The van der Waals surface area contributed by atoms with Gasteiger partial charge in [-0.25, -0.2) is 0 Å². The Kier molecular flexibility index (Phi) is 5.78. The first-order chi connectivity index (χ1) is 13.0. The van der Waals surface area contributed by atoms with Crippen molar-refractivity contribution >= 4 is 5.91 Å². The third-order valence-corrected chi connectivity index (χ3v) is 4.17. The van der Waals surface area contributed by atoms with Crippen molar-refractivity contribution in [3.05, 3.63) is 53.1 Å². The molecule has 0 aromatic heterocycles. The minimum Gasteiger partial charge on any atom is -0.494 e. The van der Waals surface area contributed by atoms with Crippen LogP contribution in [0.3, 0.4) is 0 Å². The van der Waals surface area contributed by atoms with Crippen LogP contribution in [0, 0.1) is 0 Å². The van der Waals surface area contributed by atoms with Crippen molar-refractivity contribution in [2.75, 3.05) is 6.61 Å². The smallest absolute Gasteiger partial charge is 0.387 e. The molecule has 1 amide bonds. The monoisotopic (exact) mass is 377 g/mol. The Hall–Kier alpha value is -2.83. The Bertz CT molecular complexity index is 826. The van der Waals surface area contributed by atoms with Gasteiger partial charge in [0.15, 0.2) is 0 Å². The highest BCUT2D eigenvalue weighted by atomic mass is 19.3. The van der Waals surface area contributed by atoms with E-state index in [1.54, 1.807) is 6.07 Å². The molecular formula is C20H21F2NO4. The molecule has 1 aliphatic rings. The van der Waals surface area contributed by atoms with Crippen molar-refractivity contribution < 1.29 is 27.8 Å². The third kappa shape index (κ3) is 4.48. The number of hydrogen-bond donors (Lipinski definition) is 1. The molecule has 0 aliphatic carbocycles. The van der Waals surface area contributed by atoms with Crippen LogP contribution in [-0.4, -0.2) is 25.2 Å². The first kappa shape index (κ1) is 18.9. The zero-order valence-electron chi connectivity index (χ0n) is 15.1. The van der Waals surface area contributed by atoms with Crippen molar-refractivity contribution in [3.8, 4) is 17.2 Å². The highest BCUT2D eigenvalue weighted by molar-refractivity contribution is 5.96. The Morgan fingerprint density at radius 1 is 1.30 bits per heavy atom. The summed E-state index contributed by atoms with van der Waals surface area (Å²) >= 11 is 0. The number of carbonyl (C=O) groups is 1. The number of alkyl halides is 2. The number of amides is 1. The van der Waals surface area contributed by atoms with Gasteiger partial charge in [-0.3, -0.25) is 4.79 Å². The largest absolute Gasteiger partial charge is 0.494 e. The summed E-state index contributed by atoms with van der Waals surface area (Å²) < 4.78 is 40.9. The number of benzene rings is 2. The standard InChI is InChI=1S/C20H21F2NO4/c1-3-25-17-9-13-8-12(2)26-18(13)10-14(17)11-23-19(24)15-6-4-5-7-16(15)27-20(21)22/h4-7,9-10,12,20H,3,8,11H2,1-2H3,(H,23,24). The van der Waals surface area contributed by atoms with E-state index in [9.17, 15) is 13.6 Å². The molecule has 1 unspecified atom stereocenters. The molecule has 7 heteroatoms. The molecular weight excluding hydrogens is 356 g/mol. The molecule has 5 nitrogen and oxygen atoms in total. The fraction of sp³-hybridized carbons (Fsp3) is 0.350. The van der Waals surface area contributed by atoms with Gasteiger partial charge >= 0.3 is 6.61 Å². The van der Waals surface area contributed by atoms with Gasteiger partial charge in [-0.2, -0.15) is 8.78 Å². The SMILES string of the molecule is CCOc1cc2c(cc1CNC(=O)c1ccccc1OC(F)F)OC(C)C2. The van der Waals surface area contributed by atoms with E-state index in [-0.39, 0.29) is 24.0 Å². The lowest BCUT2D eigenvalue weighted by molar-refractivity contribution is -0.0501. The molecule has 2 aromatic rings. The summed E-state index contributed by atoms with van der Waals surface area (Å²) in [5.41, 5.74) is 1.86. The first-order valence-electron chi connectivity index (χ1n) is 8.75. The number of fused-ring (bicyclic) bond motifs is 1. The second-order valence-electron chi connectivity index (χ2n) is 6.19. The van der Waals surface area contributed by atoms with Gasteiger partial charge in [-0.05, 0) is 38.1 Å². The predicted octanol–water partition coefficient (Wildman–Crippen LogP) is 3.94. The molecule has 27 heavy (non-hydrogen) atoms. The average molecular weight is 377 g/mol. The Balaban J connectivity index is 1.77. The lowest BCUT2D eigenvalue weighted by Gasteiger charge is -2.14. The third-order valence-electron chi connectivity index (χ3n) is 4.17. The van der Waals surface area contributed by atoms with E-state index in [0.29, 0.717) is 12.4 Å². The molecule has 3 rings (SSSR count). The van der Waals surface area contributed by atoms with Crippen LogP contribution in [0.5, 0.6) is 17.2 Å². The van der Waals surface area contributed by atoms with E-state index in [1.165, 1.54) is 18.2 Å². The van der Waals surface area contributed by atoms with Gasteiger partial charge in [0, 0.05) is 24.1 Å². The molecule has 1 heterocycles. The van der Waals surface area contributed by atoms with Crippen molar-refractivity contribution in [1.29, 1.82) is 0 Å². The Labute approximate surface area is 156 Å². The lowest BCUT2D eigenvalue weighted by atomic mass is 10.1. The zero-order chi connectivity index (χ0) is 19.4. The molecule has 2 aromatic carbocycles. The average Bonchev–Trinajstić information content (AvgIpc) is 2.98. The van der Waals surface area contributed by atoms with Crippen molar-refractivity contribution in [3.63, 3.8) is 0 Å². The maximum Gasteiger partial charge on any atom is 0.387 e. The maximum absolute atomic E-state index is 12.5. The molecule has 0 fully saturated rings. The van der Waals surface area contributed by atoms with Crippen LogP contribution in [0.25, 0.3) is 0 Å². The van der Waals surface area contributed by atoms with E-state index in [4.69, 9.17) is 9.47 Å². The molecule has 0 bridgehead atoms. The summed E-state index contributed by atoms with van der Waals surface area (Å²) in [5, 5.41) is 2.73.